The summed E-state index contributed by atoms with van der Waals surface area (Å²) in [6.07, 6.45) is -3.14. The number of cyclic esters (lactones) is 1. The number of fused-ring (bicyclic) bond motifs is 6. The number of alkyl halides is 3. The van der Waals surface area contributed by atoms with Crippen molar-refractivity contribution in [3.63, 3.8) is 0 Å². The van der Waals surface area contributed by atoms with Gasteiger partial charge in [0.05, 0.1) is 52.2 Å². The fourth-order valence-corrected chi connectivity index (χ4v) is 11.2. The Kier molecular flexibility index (Phi) is 15.8. The van der Waals surface area contributed by atoms with Crippen LogP contribution in [0.15, 0.2) is 29.8 Å². The molecule has 4 aliphatic heterocycles. The van der Waals surface area contributed by atoms with E-state index in [9.17, 15) is 19.2 Å². The Hall–Kier alpha value is -5.42. The molecule has 7 heterocycles. The number of hydrazine groups is 1. The molecule has 73 heavy (non-hydrogen) atoms. The number of likely N-dealkylation sites (N-methyl/N-ethyl adjacent to an activating group) is 3. The largest absolute Gasteiger partial charge is 0.464 e. The number of likely N-dealkylation sites (tertiary alicyclic amines) is 1. The molecule has 398 valence electrons. The molecule has 8 rings (SSSR count). The molecule has 6 bridgehead atoms. The summed E-state index contributed by atoms with van der Waals surface area (Å²) in [5.74, 6) is -2.95. The number of carbonyl (C=O) groups excluding carboxylic acids is 4. The molecular weight excluding hydrogens is 971 g/mol. The quantitative estimate of drug-likeness (QED) is 0.142. The van der Waals surface area contributed by atoms with Gasteiger partial charge in [0, 0.05) is 99.7 Å². The van der Waals surface area contributed by atoms with Gasteiger partial charge in [-0.1, -0.05) is 27.7 Å². The number of nitrogens with one attached hydrogen (secondary N) is 2. The molecule has 22 heteroatoms. The highest BCUT2D eigenvalue weighted by molar-refractivity contribution is 7.10. The summed E-state index contributed by atoms with van der Waals surface area (Å²) in [4.78, 5) is 75.9. The van der Waals surface area contributed by atoms with E-state index in [1.807, 2.05) is 46.0 Å². The molecule has 0 unspecified atom stereocenters. The Morgan fingerprint density at radius 3 is 2.42 bits per heavy atom. The van der Waals surface area contributed by atoms with Crippen molar-refractivity contribution in [2.75, 3.05) is 92.6 Å². The average Bonchev–Trinajstić information content (AvgIpc) is 3.90. The Labute approximate surface area is 428 Å². The highest BCUT2D eigenvalue weighted by Gasteiger charge is 2.42. The lowest BCUT2D eigenvalue weighted by atomic mass is 9.84. The second-order valence-electron chi connectivity index (χ2n) is 21.4. The number of urea groups is 1. The highest BCUT2D eigenvalue weighted by atomic mass is 32.1. The van der Waals surface area contributed by atoms with E-state index < -0.39 is 66.0 Å². The minimum atomic E-state index is -4.74. The number of halogens is 4. The van der Waals surface area contributed by atoms with Gasteiger partial charge in [-0.05, 0) is 77.0 Å². The molecule has 4 aliphatic rings. The molecule has 4 amide bonds. The van der Waals surface area contributed by atoms with Crippen molar-refractivity contribution in [2.45, 2.75) is 103 Å². The van der Waals surface area contributed by atoms with Crippen LogP contribution in [0.25, 0.3) is 33.4 Å². The van der Waals surface area contributed by atoms with Gasteiger partial charge in [-0.2, -0.15) is 13.2 Å². The Bertz CT molecular complexity index is 2700. The average molecular weight is 1040 g/mol. The van der Waals surface area contributed by atoms with Crippen molar-refractivity contribution in [1.29, 1.82) is 0 Å². The number of piperazine rings is 1. The second-order valence-corrected chi connectivity index (χ2v) is 22.3. The molecule has 4 atom stereocenters. The number of ether oxygens (including phenoxy) is 2. The van der Waals surface area contributed by atoms with Crippen LogP contribution in [0.4, 0.5) is 28.0 Å². The van der Waals surface area contributed by atoms with Gasteiger partial charge in [0.15, 0.2) is 0 Å². The first kappa shape index (κ1) is 53.9. The number of thiazole rings is 1. The number of carbonyl (C=O) groups is 4. The summed E-state index contributed by atoms with van der Waals surface area (Å²) in [6.45, 7) is 11.4. The van der Waals surface area contributed by atoms with E-state index in [0.717, 1.165) is 29.0 Å². The van der Waals surface area contributed by atoms with E-state index >= 15 is 17.6 Å². The van der Waals surface area contributed by atoms with Crippen LogP contribution < -0.4 is 15.6 Å². The third-order valence-corrected chi connectivity index (χ3v) is 15.5. The van der Waals surface area contributed by atoms with Crippen LogP contribution in [-0.4, -0.2) is 181 Å². The lowest BCUT2D eigenvalue weighted by Crippen LogP contribution is -2.65. The maximum absolute atomic E-state index is 18.0. The number of benzene rings is 1. The minimum absolute atomic E-state index is 0.00287. The molecule has 0 saturated carbocycles. The number of pyridine rings is 1. The molecule has 0 aliphatic carbocycles. The molecule has 0 spiro atoms. The van der Waals surface area contributed by atoms with Crippen LogP contribution in [-0.2, 0) is 43.2 Å². The summed E-state index contributed by atoms with van der Waals surface area (Å²) >= 11 is 1.13. The first-order valence-corrected chi connectivity index (χ1v) is 25.9. The standard InChI is InChI=1S/C51H69F4N11O6S/c1-29(2)44(62(9)49(70)64-24-32(25-64)60(6)7)46(67)58-37-21-40-57-38(26-73-40)33-13-14-39-41(42(33)52)35(22-50(4,5)28-72-48(69)36-12-11-15-66(59-36)47(37)68)45(65(39)27-51(53,54)55)34-20-31(23-56-43(34)30(3)71-10)63-18-16-61(8)17-19-63/h13-14,20,23,26,29-30,32,36-37,44,59H,11-12,15-19,21-22,24-25,27-28H2,1-10H3,(H,58,67)/t30-,36-,37-,44-/m0/s1. The number of anilines is 1. The predicted molar refractivity (Wildman–Crippen MR) is 270 cm³/mol. The van der Waals surface area contributed by atoms with Gasteiger partial charge in [0.25, 0.3) is 5.91 Å². The monoisotopic (exact) mass is 1040 g/mol. The molecule has 3 saturated heterocycles. The summed E-state index contributed by atoms with van der Waals surface area (Å²) < 4.78 is 76.0. The summed E-state index contributed by atoms with van der Waals surface area (Å²) in [5.41, 5.74) is 4.05. The van der Waals surface area contributed by atoms with Crippen LogP contribution >= 0.6 is 11.3 Å². The first-order chi connectivity index (χ1) is 34.4. The van der Waals surface area contributed by atoms with Gasteiger partial charge in [-0.25, -0.2) is 19.6 Å². The van der Waals surface area contributed by atoms with E-state index in [1.165, 1.54) is 29.2 Å². The summed E-state index contributed by atoms with van der Waals surface area (Å²) in [5, 5.41) is 6.15. The molecule has 1 aromatic carbocycles. The van der Waals surface area contributed by atoms with E-state index in [2.05, 4.69) is 20.5 Å². The van der Waals surface area contributed by atoms with Crippen LogP contribution in [0.5, 0.6) is 0 Å². The molecular formula is C51H69F4N11O6S. The third-order valence-electron chi connectivity index (χ3n) is 14.7. The predicted octanol–water partition coefficient (Wildman–Crippen LogP) is 5.96. The maximum Gasteiger partial charge on any atom is 0.406 e. The Morgan fingerprint density at radius 1 is 1.05 bits per heavy atom. The highest BCUT2D eigenvalue weighted by Crippen LogP contribution is 2.45. The number of esters is 1. The molecule has 3 fully saturated rings. The molecule has 4 aromatic rings. The normalized spacial score (nSPS) is 21.3. The molecule has 2 N–H and O–H groups in total. The van der Waals surface area contributed by atoms with E-state index in [-0.39, 0.29) is 77.4 Å². The zero-order chi connectivity index (χ0) is 52.8. The topological polar surface area (TPSA) is 161 Å². The number of hydrogen-bond acceptors (Lipinski definition) is 13. The van der Waals surface area contributed by atoms with Crippen molar-refractivity contribution >= 4 is 51.7 Å². The van der Waals surface area contributed by atoms with Gasteiger partial charge >= 0.3 is 18.2 Å². The molecule has 0 radical (unpaired) electrons. The number of amides is 4. The first-order valence-electron chi connectivity index (χ1n) is 25.0. The third kappa shape index (κ3) is 11.5. The van der Waals surface area contributed by atoms with Crippen LogP contribution in [0.2, 0.25) is 0 Å². The Balaban J connectivity index is 1.25. The van der Waals surface area contributed by atoms with E-state index in [1.54, 1.807) is 44.3 Å². The zero-order valence-electron chi connectivity index (χ0n) is 43.4. The van der Waals surface area contributed by atoms with Gasteiger partial charge in [0.1, 0.15) is 30.5 Å². The van der Waals surface area contributed by atoms with E-state index in [0.29, 0.717) is 61.0 Å². The van der Waals surface area contributed by atoms with Crippen LogP contribution in [0, 0.1) is 17.2 Å². The smallest absolute Gasteiger partial charge is 0.406 e. The van der Waals surface area contributed by atoms with Crippen molar-refractivity contribution < 1.29 is 46.2 Å². The fraction of sp³-hybridized carbons (Fsp3) is 0.608. The number of hydrogen-bond donors (Lipinski definition) is 2. The lowest BCUT2D eigenvalue weighted by molar-refractivity contribution is -0.155. The summed E-state index contributed by atoms with van der Waals surface area (Å²) in [6, 6.07) is 1.41. The fourth-order valence-electron chi connectivity index (χ4n) is 10.4. The van der Waals surface area contributed by atoms with Gasteiger partial charge < -0.3 is 43.9 Å². The van der Waals surface area contributed by atoms with Crippen molar-refractivity contribution in [1.82, 2.24) is 49.9 Å². The Morgan fingerprint density at radius 2 is 1.77 bits per heavy atom. The SMILES string of the molecule is CO[C@@H](C)c1ncc(N2CCN(C)CC2)cc1-c1c2c3c(F)c(ccc3n1CC(F)(F)F)-c1csc(n1)C[C@H](NC(=O)[C@H](C(C)C)N(C)C(=O)N1CC(N(C)C)C1)C(=O)N1CCC[C@H](N1)C(=O)OCC(C)(C)C2. The zero-order valence-corrected chi connectivity index (χ0v) is 44.3. The van der Waals surface area contributed by atoms with Gasteiger partial charge in [-0.3, -0.25) is 24.4 Å². The van der Waals surface area contributed by atoms with Crippen molar-refractivity contribution in [3.05, 3.63) is 51.9 Å². The number of rotatable bonds is 10. The van der Waals surface area contributed by atoms with Gasteiger partial charge in [0.2, 0.25) is 5.91 Å². The summed E-state index contributed by atoms with van der Waals surface area (Å²) in [7, 11) is 8.97. The van der Waals surface area contributed by atoms with Gasteiger partial charge in [-0.15, -0.1) is 11.3 Å². The number of aromatic nitrogens is 3. The molecule has 17 nitrogen and oxygen atoms in total. The van der Waals surface area contributed by atoms with Crippen molar-refractivity contribution in [3.8, 4) is 22.5 Å². The lowest BCUT2D eigenvalue weighted by Gasteiger charge is -2.45. The second kappa shape index (κ2) is 21.4. The van der Waals surface area contributed by atoms with Crippen LogP contribution in [0.3, 0.4) is 0 Å². The maximum atomic E-state index is 18.0. The van der Waals surface area contributed by atoms with Crippen molar-refractivity contribution in [2.24, 2.45) is 11.3 Å². The molecule has 3 aromatic heterocycles. The number of methoxy groups -OCH3 is 1. The number of nitrogens with zero attached hydrogens (tertiary/aromatic N) is 9. The van der Waals surface area contributed by atoms with E-state index in [4.69, 9.17) is 19.4 Å². The minimum Gasteiger partial charge on any atom is -0.464 e. The van der Waals surface area contributed by atoms with Crippen LogP contribution in [0.1, 0.15) is 69.8 Å².